The summed E-state index contributed by atoms with van der Waals surface area (Å²) in [4.78, 5) is 14.9. The Morgan fingerprint density at radius 3 is 2.50 bits per heavy atom. The summed E-state index contributed by atoms with van der Waals surface area (Å²) in [5, 5.41) is 3.85. The van der Waals surface area contributed by atoms with Crippen molar-refractivity contribution in [1.29, 1.82) is 0 Å². The number of fused-ring (bicyclic) bond motifs is 1. The Morgan fingerprint density at radius 1 is 1.13 bits per heavy atom. The average molecular weight is 424 g/mol. The maximum Gasteiger partial charge on any atom is 0.323 e. The van der Waals surface area contributed by atoms with Gasteiger partial charge < -0.3 is 14.5 Å². The van der Waals surface area contributed by atoms with Gasteiger partial charge in [-0.05, 0) is 87.8 Å². The highest BCUT2D eigenvalue weighted by molar-refractivity contribution is 7.68. The topological polar surface area (TPSA) is 58.6 Å². The van der Waals surface area contributed by atoms with Crippen LogP contribution in [0.1, 0.15) is 50.2 Å². The molecule has 0 radical (unpaired) electrons. The van der Waals surface area contributed by atoms with E-state index in [1.807, 2.05) is 50.2 Å². The number of carbonyl (C=O) groups excluding carboxylic acids is 1. The second-order valence-electron chi connectivity index (χ2n) is 8.87. The molecule has 5 rings (SSSR count). The van der Waals surface area contributed by atoms with Gasteiger partial charge in [0.25, 0.3) is 0 Å². The first-order valence-electron chi connectivity index (χ1n) is 11.0. The third-order valence-corrected chi connectivity index (χ3v) is 8.84. The molecular weight excluding hydrogens is 395 g/mol. The first-order chi connectivity index (χ1) is 14.4. The van der Waals surface area contributed by atoms with E-state index < -0.39 is 7.52 Å². The Kier molecular flexibility index (Phi) is 4.79. The molecule has 3 aliphatic rings. The SMILES string of the molecule is CCOP(=O)(Nc1ccc2c(c1)CCC(=O)N2C1(C2CC2)CC1)c1ccc(C)cc1. The lowest BCUT2D eigenvalue weighted by molar-refractivity contribution is -0.119. The molecule has 1 N–H and O–H groups in total. The number of amides is 1. The smallest absolute Gasteiger partial charge is 0.312 e. The molecule has 2 aromatic rings. The summed E-state index contributed by atoms with van der Waals surface area (Å²) < 4.78 is 19.4. The van der Waals surface area contributed by atoms with Crippen LogP contribution in [0.15, 0.2) is 42.5 Å². The van der Waals surface area contributed by atoms with Gasteiger partial charge in [0.2, 0.25) is 5.91 Å². The number of nitrogens with zero attached hydrogens (tertiary/aromatic N) is 1. The summed E-state index contributed by atoms with van der Waals surface area (Å²) in [6.45, 7) is 4.22. The zero-order valence-electron chi connectivity index (χ0n) is 17.7. The number of rotatable bonds is 7. The van der Waals surface area contributed by atoms with Gasteiger partial charge in [-0.25, -0.2) is 0 Å². The van der Waals surface area contributed by atoms with E-state index in [-0.39, 0.29) is 11.4 Å². The van der Waals surface area contributed by atoms with E-state index >= 15 is 0 Å². The molecule has 30 heavy (non-hydrogen) atoms. The molecule has 1 atom stereocenters. The van der Waals surface area contributed by atoms with E-state index in [1.165, 1.54) is 12.8 Å². The van der Waals surface area contributed by atoms with Gasteiger partial charge in [0, 0.05) is 17.8 Å². The number of hydrogen-bond acceptors (Lipinski definition) is 3. The second-order valence-corrected chi connectivity index (χ2v) is 11.0. The highest BCUT2D eigenvalue weighted by Gasteiger charge is 2.60. The lowest BCUT2D eigenvalue weighted by atomic mass is 9.96. The average Bonchev–Trinajstić information content (AvgIpc) is 3.61. The normalized spacial score (nSPS) is 21.7. The largest absolute Gasteiger partial charge is 0.323 e. The third kappa shape index (κ3) is 3.38. The van der Waals surface area contributed by atoms with Gasteiger partial charge in [0.05, 0.1) is 17.5 Å². The van der Waals surface area contributed by atoms with Crippen molar-refractivity contribution in [3.63, 3.8) is 0 Å². The Bertz CT molecular complexity index is 1030. The highest BCUT2D eigenvalue weighted by atomic mass is 31.2. The number of anilines is 2. The van der Waals surface area contributed by atoms with Crippen LogP contribution in [0.3, 0.4) is 0 Å². The lowest BCUT2D eigenvalue weighted by Crippen LogP contribution is -2.46. The fourth-order valence-corrected chi connectivity index (χ4v) is 6.60. The van der Waals surface area contributed by atoms with Crippen LogP contribution in [-0.4, -0.2) is 18.1 Å². The van der Waals surface area contributed by atoms with Gasteiger partial charge in [0.15, 0.2) is 0 Å². The molecule has 2 aliphatic carbocycles. The monoisotopic (exact) mass is 424 g/mol. The second kappa shape index (κ2) is 7.25. The maximum absolute atomic E-state index is 13.6. The molecule has 0 spiro atoms. The Morgan fingerprint density at radius 2 is 1.87 bits per heavy atom. The standard InChI is InChI=1S/C24H29N2O3P/c1-3-29-30(28,21-10-4-17(2)5-11-21)25-20-9-12-22-18(16-20)6-13-23(27)26(22)24(14-15-24)19-7-8-19/h4-5,9-12,16,19H,3,6-8,13-15H2,1-2H3,(H,25,28). The minimum atomic E-state index is -3.23. The molecule has 2 aromatic carbocycles. The van der Waals surface area contributed by atoms with Crippen LogP contribution >= 0.6 is 7.52 Å². The van der Waals surface area contributed by atoms with Crippen molar-refractivity contribution >= 4 is 30.1 Å². The molecule has 2 fully saturated rings. The van der Waals surface area contributed by atoms with Crippen LogP contribution < -0.4 is 15.3 Å². The molecule has 158 valence electrons. The summed E-state index contributed by atoms with van der Waals surface area (Å²) in [7, 11) is -3.23. The summed E-state index contributed by atoms with van der Waals surface area (Å²) in [6.07, 6.45) is 6.00. The molecule has 5 nitrogen and oxygen atoms in total. The van der Waals surface area contributed by atoms with Crippen LogP contribution in [-0.2, 0) is 20.3 Å². The summed E-state index contributed by atoms with van der Waals surface area (Å²) >= 11 is 0. The van der Waals surface area contributed by atoms with Crippen molar-refractivity contribution in [2.24, 2.45) is 5.92 Å². The zero-order chi connectivity index (χ0) is 20.9. The first-order valence-corrected chi connectivity index (χ1v) is 12.6. The van der Waals surface area contributed by atoms with E-state index in [1.54, 1.807) is 0 Å². The van der Waals surface area contributed by atoms with Gasteiger partial charge >= 0.3 is 7.52 Å². The molecule has 1 unspecified atom stereocenters. The van der Waals surface area contributed by atoms with Crippen LogP contribution in [0.5, 0.6) is 0 Å². The van der Waals surface area contributed by atoms with Gasteiger partial charge in [-0.15, -0.1) is 0 Å². The minimum absolute atomic E-state index is 0.0731. The Balaban J connectivity index is 1.46. The number of carbonyl (C=O) groups is 1. The maximum atomic E-state index is 13.6. The number of hydrogen-bond donors (Lipinski definition) is 1. The fraction of sp³-hybridized carbons (Fsp3) is 0.458. The predicted molar refractivity (Wildman–Crippen MR) is 121 cm³/mol. The van der Waals surface area contributed by atoms with Crippen LogP contribution in [0.25, 0.3) is 0 Å². The van der Waals surface area contributed by atoms with Gasteiger partial charge in [-0.3, -0.25) is 9.36 Å². The van der Waals surface area contributed by atoms with Crippen molar-refractivity contribution in [2.75, 3.05) is 16.6 Å². The predicted octanol–water partition coefficient (Wildman–Crippen LogP) is 5.18. The Hall–Kier alpha value is -2.10. The van der Waals surface area contributed by atoms with Gasteiger partial charge in [-0.1, -0.05) is 17.7 Å². The van der Waals surface area contributed by atoms with Crippen LogP contribution in [0.2, 0.25) is 0 Å². The number of nitrogens with one attached hydrogen (secondary N) is 1. The zero-order valence-corrected chi connectivity index (χ0v) is 18.6. The summed E-state index contributed by atoms with van der Waals surface area (Å²) in [5.74, 6) is 0.928. The van der Waals surface area contributed by atoms with Crippen molar-refractivity contribution in [3.8, 4) is 0 Å². The molecule has 1 amide bonds. The first kappa shape index (κ1) is 19.8. The highest BCUT2D eigenvalue weighted by Crippen LogP contribution is 2.59. The lowest BCUT2D eigenvalue weighted by Gasteiger charge is -2.37. The fourth-order valence-electron chi connectivity index (χ4n) is 4.88. The summed E-state index contributed by atoms with van der Waals surface area (Å²) in [5.41, 5.74) is 4.16. The van der Waals surface area contributed by atoms with Crippen molar-refractivity contribution in [3.05, 3.63) is 53.6 Å². The third-order valence-electron chi connectivity index (χ3n) is 6.68. The van der Waals surface area contributed by atoms with Gasteiger partial charge in [0.1, 0.15) is 0 Å². The molecule has 0 bridgehead atoms. The quantitative estimate of drug-likeness (QED) is 0.622. The van der Waals surface area contributed by atoms with E-state index in [4.69, 9.17) is 4.52 Å². The molecule has 1 aliphatic heterocycles. The molecule has 2 saturated carbocycles. The molecule has 0 aromatic heterocycles. The molecular formula is C24H29N2O3P. The minimum Gasteiger partial charge on any atom is -0.312 e. The van der Waals surface area contributed by atoms with E-state index in [2.05, 4.69) is 16.1 Å². The summed E-state index contributed by atoms with van der Waals surface area (Å²) in [6, 6.07) is 13.7. The van der Waals surface area contributed by atoms with E-state index in [0.717, 1.165) is 41.8 Å². The molecule has 1 heterocycles. The molecule has 6 heteroatoms. The molecule has 0 saturated heterocycles. The van der Waals surface area contributed by atoms with Crippen LogP contribution in [0.4, 0.5) is 11.4 Å². The van der Waals surface area contributed by atoms with E-state index in [9.17, 15) is 9.36 Å². The van der Waals surface area contributed by atoms with Crippen molar-refractivity contribution < 1.29 is 13.9 Å². The number of aryl methyl sites for hydroxylation is 2. The van der Waals surface area contributed by atoms with Gasteiger partial charge in [-0.2, -0.15) is 0 Å². The van der Waals surface area contributed by atoms with Crippen molar-refractivity contribution in [2.45, 2.75) is 57.9 Å². The van der Waals surface area contributed by atoms with E-state index in [0.29, 0.717) is 24.3 Å². The Labute approximate surface area is 178 Å². The van der Waals surface area contributed by atoms with Crippen molar-refractivity contribution in [1.82, 2.24) is 0 Å². The van der Waals surface area contributed by atoms with Crippen LogP contribution in [0, 0.1) is 12.8 Å². The number of benzene rings is 2.